The summed E-state index contributed by atoms with van der Waals surface area (Å²) in [6.07, 6.45) is 0.858. The fraction of sp³-hybridized carbons (Fsp3) is 0.545. The standard InChI is InChI=1S/C11H16N6OS2/c1-4-12-10-16-15-9(20-10)8(18)13-11-17-14-7(19-11)5-6(2)3/h6H,4-5H2,1-3H3,(H,12,16)(H,13,17,18). The van der Waals surface area contributed by atoms with Crippen molar-refractivity contribution in [1.29, 1.82) is 0 Å². The van der Waals surface area contributed by atoms with Crippen LogP contribution >= 0.6 is 22.7 Å². The monoisotopic (exact) mass is 312 g/mol. The Morgan fingerprint density at radius 2 is 1.90 bits per heavy atom. The lowest BCUT2D eigenvalue weighted by molar-refractivity contribution is 0.102. The molecule has 7 nitrogen and oxygen atoms in total. The third-order valence-corrected chi connectivity index (χ3v) is 3.96. The number of nitrogens with one attached hydrogen (secondary N) is 2. The van der Waals surface area contributed by atoms with Crippen molar-refractivity contribution in [2.24, 2.45) is 5.92 Å². The van der Waals surface area contributed by atoms with Gasteiger partial charge in [0.15, 0.2) is 0 Å². The first-order valence-electron chi connectivity index (χ1n) is 6.29. The van der Waals surface area contributed by atoms with Crippen LogP contribution in [0.25, 0.3) is 0 Å². The minimum Gasteiger partial charge on any atom is -0.360 e. The van der Waals surface area contributed by atoms with Gasteiger partial charge in [-0.25, -0.2) is 0 Å². The Kier molecular flexibility index (Phi) is 4.96. The Balaban J connectivity index is 1.97. The largest absolute Gasteiger partial charge is 0.360 e. The van der Waals surface area contributed by atoms with Crippen molar-refractivity contribution in [3.05, 3.63) is 10.0 Å². The number of aromatic nitrogens is 4. The van der Waals surface area contributed by atoms with Crippen LogP contribution < -0.4 is 10.6 Å². The van der Waals surface area contributed by atoms with Crippen LogP contribution in [0.3, 0.4) is 0 Å². The molecule has 0 saturated carbocycles. The Morgan fingerprint density at radius 1 is 1.15 bits per heavy atom. The van der Waals surface area contributed by atoms with Gasteiger partial charge in [0.2, 0.25) is 15.3 Å². The highest BCUT2D eigenvalue weighted by atomic mass is 32.1. The first kappa shape index (κ1) is 14.8. The molecule has 2 heterocycles. The van der Waals surface area contributed by atoms with Crippen molar-refractivity contribution < 1.29 is 4.79 Å². The molecule has 20 heavy (non-hydrogen) atoms. The average Bonchev–Trinajstić information content (AvgIpc) is 2.99. The van der Waals surface area contributed by atoms with E-state index in [2.05, 4.69) is 44.9 Å². The van der Waals surface area contributed by atoms with Crippen LogP contribution in [-0.4, -0.2) is 32.8 Å². The SMILES string of the molecule is CCNc1nnc(C(=O)Nc2nnc(CC(C)C)s2)s1. The number of carbonyl (C=O) groups excluding carboxylic acids is 1. The second-order valence-corrected chi connectivity index (χ2v) is 6.54. The maximum Gasteiger partial charge on any atom is 0.288 e. The van der Waals surface area contributed by atoms with Gasteiger partial charge in [-0.3, -0.25) is 10.1 Å². The summed E-state index contributed by atoms with van der Waals surface area (Å²) in [5, 5.41) is 23.8. The molecule has 0 fully saturated rings. The minimum absolute atomic E-state index is 0.307. The number of rotatable bonds is 6. The summed E-state index contributed by atoms with van der Waals surface area (Å²) >= 11 is 2.60. The van der Waals surface area contributed by atoms with Crippen LogP contribution in [0, 0.1) is 5.92 Å². The Bertz CT molecular complexity index is 579. The molecule has 9 heteroatoms. The van der Waals surface area contributed by atoms with Gasteiger partial charge >= 0.3 is 0 Å². The van der Waals surface area contributed by atoms with Crippen molar-refractivity contribution in [3.8, 4) is 0 Å². The van der Waals surface area contributed by atoms with Crippen molar-refractivity contribution in [2.45, 2.75) is 27.2 Å². The summed E-state index contributed by atoms with van der Waals surface area (Å²) in [4.78, 5) is 12.0. The van der Waals surface area contributed by atoms with E-state index in [9.17, 15) is 4.79 Å². The number of anilines is 2. The van der Waals surface area contributed by atoms with Gasteiger partial charge in [0.25, 0.3) is 5.91 Å². The normalized spacial score (nSPS) is 10.8. The maximum atomic E-state index is 12.0. The van der Waals surface area contributed by atoms with E-state index in [0.717, 1.165) is 18.0 Å². The lowest BCUT2D eigenvalue weighted by Gasteiger charge is -1.97. The summed E-state index contributed by atoms with van der Waals surface area (Å²) in [6, 6.07) is 0. The summed E-state index contributed by atoms with van der Waals surface area (Å²) in [6.45, 7) is 6.93. The molecule has 0 saturated heterocycles. The zero-order chi connectivity index (χ0) is 14.5. The summed E-state index contributed by atoms with van der Waals surface area (Å²) in [5.41, 5.74) is 0. The zero-order valence-electron chi connectivity index (χ0n) is 11.5. The molecule has 2 rings (SSSR count). The molecule has 0 aromatic carbocycles. The molecule has 0 aliphatic rings. The number of amides is 1. The maximum absolute atomic E-state index is 12.0. The average molecular weight is 312 g/mol. The molecule has 0 unspecified atom stereocenters. The molecule has 1 amide bonds. The number of carbonyl (C=O) groups is 1. The Hall–Kier alpha value is -1.61. The molecule has 2 aromatic rings. The lowest BCUT2D eigenvalue weighted by atomic mass is 10.1. The highest BCUT2D eigenvalue weighted by Gasteiger charge is 2.15. The highest BCUT2D eigenvalue weighted by Crippen LogP contribution is 2.20. The molecular formula is C11H16N6OS2. The van der Waals surface area contributed by atoms with Crippen LogP contribution in [0.2, 0.25) is 0 Å². The van der Waals surface area contributed by atoms with Crippen LogP contribution in [0.4, 0.5) is 10.3 Å². The quantitative estimate of drug-likeness (QED) is 0.850. The van der Waals surface area contributed by atoms with Crippen LogP contribution in [0.15, 0.2) is 0 Å². The van der Waals surface area contributed by atoms with Gasteiger partial charge in [-0.05, 0) is 12.8 Å². The molecule has 2 aromatic heterocycles. The fourth-order valence-corrected chi connectivity index (χ4v) is 3.08. The van der Waals surface area contributed by atoms with E-state index in [1.165, 1.54) is 22.7 Å². The van der Waals surface area contributed by atoms with Gasteiger partial charge in [0.05, 0.1) is 0 Å². The third kappa shape index (κ3) is 3.94. The second-order valence-electron chi connectivity index (χ2n) is 4.50. The van der Waals surface area contributed by atoms with Crippen molar-refractivity contribution >= 4 is 38.8 Å². The van der Waals surface area contributed by atoms with E-state index in [0.29, 0.717) is 21.2 Å². The molecule has 0 aliphatic heterocycles. The van der Waals surface area contributed by atoms with E-state index in [-0.39, 0.29) is 5.91 Å². The molecule has 2 N–H and O–H groups in total. The van der Waals surface area contributed by atoms with E-state index in [1.54, 1.807) is 0 Å². The minimum atomic E-state index is -0.307. The van der Waals surface area contributed by atoms with Crippen LogP contribution in [0.1, 0.15) is 35.6 Å². The van der Waals surface area contributed by atoms with Crippen LogP contribution in [-0.2, 0) is 6.42 Å². The summed E-state index contributed by atoms with van der Waals surface area (Å²) < 4.78 is 0. The van der Waals surface area contributed by atoms with E-state index >= 15 is 0 Å². The predicted molar refractivity (Wildman–Crippen MR) is 80.5 cm³/mol. The Labute approximate surface area is 124 Å². The van der Waals surface area contributed by atoms with Crippen LogP contribution in [0.5, 0.6) is 0 Å². The van der Waals surface area contributed by atoms with E-state index in [1.807, 2.05) is 6.92 Å². The fourth-order valence-electron chi connectivity index (χ4n) is 1.42. The third-order valence-electron chi connectivity index (χ3n) is 2.22. The van der Waals surface area contributed by atoms with Crippen molar-refractivity contribution in [1.82, 2.24) is 20.4 Å². The second kappa shape index (κ2) is 6.71. The molecule has 108 valence electrons. The van der Waals surface area contributed by atoms with E-state index < -0.39 is 0 Å². The molecule has 0 aliphatic carbocycles. The van der Waals surface area contributed by atoms with Gasteiger partial charge in [-0.15, -0.1) is 20.4 Å². The van der Waals surface area contributed by atoms with Crippen molar-refractivity contribution in [2.75, 3.05) is 17.2 Å². The summed E-state index contributed by atoms with van der Waals surface area (Å²) in [5.74, 6) is 0.205. The number of nitrogens with zero attached hydrogens (tertiary/aromatic N) is 4. The van der Waals surface area contributed by atoms with Gasteiger partial charge in [0, 0.05) is 13.0 Å². The lowest BCUT2D eigenvalue weighted by Crippen LogP contribution is -2.11. The van der Waals surface area contributed by atoms with Gasteiger partial charge < -0.3 is 5.32 Å². The first-order valence-corrected chi connectivity index (χ1v) is 7.93. The van der Waals surface area contributed by atoms with Gasteiger partial charge in [-0.2, -0.15) is 0 Å². The predicted octanol–water partition coefficient (Wildman–Crippen LogP) is 2.27. The topological polar surface area (TPSA) is 92.7 Å². The van der Waals surface area contributed by atoms with Crippen molar-refractivity contribution in [3.63, 3.8) is 0 Å². The Morgan fingerprint density at radius 3 is 2.60 bits per heavy atom. The van der Waals surface area contributed by atoms with E-state index in [4.69, 9.17) is 0 Å². The first-order chi connectivity index (χ1) is 9.58. The highest BCUT2D eigenvalue weighted by molar-refractivity contribution is 7.17. The smallest absolute Gasteiger partial charge is 0.288 e. The molecule has 0 spiro atoms. The molecule has 0 bridgehead atoms. The summed E-state index contributed by atoms with van der Waals surface area (Å²) in [7, 11) is 0. The van der Waals surface area contributed by atoms with Gasteiger partial charge in [-0.1, -0.05) is 36.5 Å². The molecular weight excluding hydrogens is 296 g/mol. The van der Waals surface area contributed by atoms with Gasteiger partial charge in [0.1, 0.15) is 5.01 Å². The molecule has 0 atom stereocenters. The number of hydrogen-bond acceptors (Lipinski definition) is 8. The zero-order valence-corrected chi connectivity index (χ0v) is 13.1. The number of hydrogen-bond donors (Lipinski definition) is 2. The molecule has 0 radical (unpaired) electrons.